The standard InChI is InChI=1S/3C8H10.C7H13NO.3C5H12.C3H8O.C2H6.6CH5N.9CH2O.3H3N/c3*1-2-8-6-4-3-5-7-8;1-7(9)8-5-3-2-4-6-8;3*1-4-5(2)3;1-3(2)4;16*1-2;;;/h3*3-7H,2H2,1H3;2-6H2,1H3;3*5H,4H2,1-3H3;3-4H,1-2H3;1-2H3;6*2H2,1H3;9*1H2;3*1H3. The quantitative estimate of drug-likeness (QED) is 0.110. The molecule has 0 aromatic heterocycles. The van der Waals surface area contributed by atoms with Crippen LogP contribution in [0.15, 0.2) is 91.0 Å². The van der Waals surface area contributed by atoms with Gasteiger partial charge < -0.3 is 106 Å². The molecule has 1 aliphatic heterocycles. The summed E-state index contributed by atoms with van der Waals surface area (Å²) in [4.78, 5) is 84.6. The molecule has 21 nitrogen and oxygen atoms in total. The minimum atomic E-state index is -0.167. The first-order valence-electron chi connectivity index (χ1n) is 27.8. The average molecular weight is 1260 g/mol. The average Bonchev–Trinajstić information content (AvgIpc) is 3.61. The minimum absolute atomic E-state index is 0. The van der Waals surface area contributed by atoms with Gasteiger partial charge in [-0.3, -0.25) is 4.79 Å². The van der Waals surface area contributed by atoms with Crippen LogP contribution in [0.3, 0.4) is 0 Å². The molecule has 3 aromatic carbocycles. The summed E-state index contributed by atoms with van der Waals surface area (Å²) >= 11 is 0. The third-order valence-corrected chi connectivity index (χ3v) is 8.00. The van der Waals surface area contributed by atoms with Crippen LogP contribution in [0.2, 0.25) is 0 Å². The van der Waals surface area contributed by atoms with E-state index >= 15 is 0 Å². The number of likely N-dealkylation sites (tertiary alicyclic amines) is 1. The molecular weight excluding hydrogens is 1110 g/mol. The van der Waals surface area contributed by atoms with Gasteiger partial charge in [0.15, 0.2) is 0 Å². The molecule has 1 heterocycles. The number of carbonyl (C=O) groups is 10. The van der Waals surface area contributed by atoms with Gasteiger partial charge in [-0.25, -0.2) is 0 Å². The van der Waals surface area contributed by atoms with Gasteiger partial charge >= 0.3 is 0 Å². The van der Waals surface area contributed by atoms with E-state index < -0.39 is 0 Å². The van der Waals surface area contributed by atoms with Crippen molar-refractivity contribution in [1.82, 2.24) is 23.4 Å². The van der Waals surface area contributed by atoms with Crippen LogP contribution in [0.1, 0.15) is 173 Å². The zero-order chi connectivity index (χ0) is 72.6. The summed E-state index contributed by atoms with van der Waals surface area (Å²) in [7, 11) is 9.00. The molecule has 1 amide bonds. The van der Waals surface area contributed by atoms with Crippen molar-refractivity contribution < 1.29 is 53.1 Å². The van der Waals surface area contributed by atoms with Crippen molar-refractivity contribution in [3.8, 4) is 0 Å². The SMILES string of the molecule is C=O.C=O.C=O.C=O.C=O.C=O.C=O.C=O.C=O.CC.CC(=O)N1CCCCC1.CC(C)O.CCC(C)C.CCC(C)C.CCC(C)C.CCc1ccccc1.CCc1ccccc1.CCc1ccccc1.CN.CN.CN.CN.CN.CN.N.N.N. The highest BCUT2D eigenvalue weighted by atomic mass is 16.3. The van der Waals surface area contributed by atoms with Crippen molar-refractivity contribution in [2.45, 2.75) is 182 Å². The van der Waals surface area contributed by atoms with E-state index in [-0.39, 0.29) is 30.5 Å². The number of hydrogen-bond donors (Lipinski definition) is 10. The molecule has 4 rings (SSSR count). The van der Waals surface area contributed by atoms with Crippen molar-refractivity contribution in [1.29, 1.82) is 0 Å². The fourth-order valence-corrected chi connectivity index (χ4v) is 3.35. The minimum Gasteiger partial charge on any atom is -0.394 e. The molecule has 0 unspecified atom stereocenters. The van der Waals surface area contributed by atoms with Crippen LogP contribution in [0.25, 0.3) is 0 Å². The van der Waals surface area contributed by atoms with Crippen LogP contribution < -0.4 is 52.9 Å². The van der Waals surface area contributed by atoms with Crippen molar-refractivity contribution in [3.05, 3.63) is 108 Å². The number of amides is 1. The molecule has 1 fully saturated rings. The highest BCUT2D eigenvalue weighted by Crippen LogP contribution is 2.07. The van der Waals surface area contributed by atoms with Crippen molar-refractivity contribution >= 4 is 67.0 Å². The van der Waals surface area contributed by atoms with Crippen molar-refractivity contribution in [2.75, 3.05) is 55.4 Å². The number of benzene rings is 3. The van der Waals surface area contributed by atoms with Gasteiger partial charge in [0.1, 0.15) is 61.1 Å². The van der Waals surface area contributed by atoms with Gasteiger partial charge in [0.2, 0.25) is 5.91 Å². The predicted octanol–water partition coefficient (Wildman–Crippen LogP) is 11.6. The summed E-state index contributed by atoms with van der Waals surface area (Å²) in [5, 5.41) is 8.06. The Morgan fingerprint density at radius 2 is 0.494 bits per heavy atom. The predicted molar refractivity (Wildman–Crippen MR) is 387 cm³/mol. The van der Waals surface area contributed by atoms with Crippen LogP contribution in [0.4, 0.5) is 0 Å². The normalized spacial score (nSPS) is 7.54. The van der Waals surface area contributed by atoms with Gasteiger partial charge in [-0.2, -0.15) is 0 Å². The van der Waals surface area contributed by atoms with E-state index in [0.29, 0.717) is 0 Å². The highest BCUT2D eigenvalue weighted by molar-refractivity contribution is 5.73. The number of aliphatic hydroxyl groups is 1. The number of aryl methyl sites for hydroxylation is 3. The molecule has 1 aliphatic rings. The summed E-state index contributed by atoms with van der Waals surface area (Å²) in [5.74, 6) is 2.88. The third kappa shape index (κ3) is 277. The van der Waals surface area contributed by atoms with Gasteiger partial charge in [0.05, 0.1) is 0 Å². The molecule has 0 saturated carbocycles. The number of nitrogens with zero attached hydrogens (tertiary/aromatic N) is 1. The Bertz CT molecular complexity index is 1130. The maximum atomic E-state index is 10.7. The van der Waals surface area contributed by atoms with E-state index in [4.69, 9.17) is 48.3 Å². The summed E-state index contributed by atoms with van der Waals surface area (Å²) in [6.45, 7) is 55.5. The van der Waals surface area contributed by atoms with Crippen molar-refractivity contribution in [3.63, 3.8) is 0 Å². The van der Waals surface area contributed by atoms with Gasteiger partial charge in [-0.15, -0.1) is 0 Å². The van der Waals surface area contributed by atoms with E-state index in [2.05, 4.69) is 190 Å². The molecule has 530 valence electrons. The molecule has 0 aliphatic carbocycles. The first-order valence-corrected chi connectivity index (χ1v) is 27.8. The van der Waals surface area contributed by atoms with E-state index in [1.54, 1.807) is 20.8 Å². The molecule has 22 N–H and O–H groups in total. The zero-order valence-corrected chi connectivity index (χ0v) is 60.7. The number of piperidine rings is 1. The lowest BCUT2D eigenvalue weighted by molar-refractivity contribution is -0.129. The first-order chi connectivity index (χ1) is 40.6. The Kier molecular flexibility index (Phi) is 401. The van der Waals surface area contributed by atoms with Crippen LogP contribution in [-0.2, 0) is 67.2 Å². The summed E-state index contributed by atoms with van der Waals surface area (Å²) in [6.07, 6.45) is 10.9. The third-order valence-electron chi connectivity index (χ3n) is 8.00. The number of carbonyl (C=O) groups excluding carboxylic acids is 10. The smallest absolute Gasteiger partial charge is 0.219 e. The molecule has 0 bridgehead atoms. The van der Waals surface area contributed by atoms with E-state index in [0.717, 1.165) is 50.1 Å². The molecule has 0 spiro atoms. The molecule has 3 aromatic rings. The highest BCUT2D eigenvalue weighted by Gasteiger charge is 2.11. The Morgan fingerprint density at radius 1 is 0.368 bits per heavy atom. The van der Waals surface area contributed by atoms with E-state index in [9.17, 15) is 4.79 Å². The van der Waals surface area contributed by atoms with Crippen molar-refractivity contribution in [2.24, 2.45) is 52.2 Å². The fraction of sp³-hybridized carbons (Fsp3) is 0.576. The second-order valence-corrected chi connectivity index (χ2v) is 14.6. The van der Waals surface area contributed by atoms with Crippen LogP contribution >= 0.6 is 0 Å². The van der Waals surface area contributed by atoms with Gasteiger partial charge in [-0.05, 0) is 129 Å². The monoisotopic (exact) mass is 1260 g/mol. The topological polar surface area (TPSA) is 455 Å². The van der Waals surface area contributed by atoms with Crippen LogP contribution in [0, 0.1) is 17.8 Å². The Balaban J connectivity index is -0.0000000241. The number of aliphatic hydroxyl groups excluding tert-OH is 1. The lowest BCUT2D eigenvalue weighted by Crippen LogP contribution is -2.33. The van der Waals surface area contributed by atoms with E-state index in [1.165, 1.54) is 97.5 Å². The maximum Gasteiger partial charge on any atom is 0.219 e. The molecular formula is C66H150N10O11. The summed E-state index contributed by atoms with van der Waals surface area (Å²) < 4.78 is 0. The lowest BCUT2D eigenvalue weighted by atomic mass is 10.1. The molecule has 0 radical (unpaired) electrons. The number of hydrogen-bond acceptors (Lipinski definition) is 20. The first kappa shape index (κ1) is 154. The Labute approximate surface area is 538 Å². The largest absolute Gasteiger partial charge is 0.394 e. The summed E-state index contributed by atoms with van der Waals surface area (Å²) in [6, 6.07) is 31.4. The van der Waals surface area contributed by atoms with Gasteiger partial charge in [-0.1, -0.05) is 207 Å². The molecule has 1 saturated heterocycles. The van der Waals surface area contributed by atoms with Crippen LogP contribution in [-0.4, -0.2) is 138 Å². The second-order valence-electron chi connectivity index (χ2n) is 14.6. The molecule has 21 heteroatoms. The Hall–Kier alpha value is -6.24. The fourth-order valence-electron chi connectivity index (χ4n) is 3.35. The summed E-state index contributed by atoms with van der Waals surface area (Å²) in [5.41, 5.74) is 31.2. The lowest BCUT2D eigenvalue weighted by Gasteiger charge is -2.24. The molecule has 0 atom stereocenters. The maximum absolute atomic E-state index is 10.7. The van der Waals surface area contributed by atoms with E-state index in [1.807, 2.05) is 98.0 Å². The van der Waals surface area contributed by atoms with Gasteiger partial charge in [0, 0.05) is 26.1 Å². The van der Waals surface area contributed by atoms with Crippen LogP contribution in [0.5, 0.6) is 0 Å². The number of nitrogens with two attached hydrogens (primary N) is 6. The zero-order valence-electron chi connectivity index (χ0n) is 60.7. The Morgan fingerprint density at radius 3 is 0.563 bits per heavy atom. The molecule has 87 heavy (non-hydrogen) atoms. The number of rotatable bonds is 6. The second kappa shape index (κ2) is 226. The van der Waals surface area contributed by atoms with Gasteiger partial charge in [0.25, 0.3) is 0 Å².